The van der Waals surface area contributed by atoms with Gasteiger partial charge in [-0.25, -0.2) is 0 Å². The minimum absolute atomic E-state index is 0. The van der Waals surface area contributed by atoms with Gasteiger partial charge in [0.2, 0.25) is 0 Å². The fraction of sp³-hybridized carbons (Fsp3) is 0.385. The Morgan fingerprint density at radius 1 is 1.20 bits per heavy atom. The molecule has 0 saturated carbocycles. The van der Waals surface area contributed by atoms with E-state index in [4.69, 9.17) is 0 Å². The van der Waals surface area contributed by atoms with Crippen molar-refractivity contribution in [3.63, 3.8) is 0 Å². The summed E-state index contributed by atoms with van der Waals surface area (Å²) in [7, 11) is -0.902. The summed E-state index contributed by atoms with van der Waals surface area (Å²) in [5.41, 5.74) is 3.91. The van der Waals surface area contributed by atoms with Crippen LogP contribution in [0.2, 0.25) is 18.6 Å². The van der Waals surface area contributed by atoms with E-state index in [1.54, 1.807) is 5.56 Å². The second kappa shape index (κ2) is 3.98. The van der Waals surface area contributed by atoms with E-state index in [2.05, 4.69) is 43.0 Å². The Hall–Kier alpha value is -0.226. The molecule has 1 aromatic carbocycles. The molecule has 0 spiro atoms. The molecule has 2 aliphatic rings. The first-order valence-electron chi connectivity index (χ1n) is 5.57. The molecule has 1 atom stereocenters. The monoisotopic (exact) mass is 207 g/mol. The predicted molar refractivity (Wildman–Crippen MR) is 69.8 cm³/mol. The van der Waals surface area contributed by atoms with Gasteiger partial charge in [-0.3, -0.25) is 0 Å². The number of hydrogen-bond donors (Lipinski definition) is 0. The molecular weight excluding hydrogens is 191 g/mol. The van der Waals surface area contributed by atoms with Crippen LogP contribution in [0.4, 0.5) is 0 Å². The minimum Gasteiger partial charge on any atom is -0.0791 e. The number of rotatable bonds is 1. The summed E-state index contributed by atoms with van der Waals surface area (Å²) in [6.45, 7) is 2.58. The normalized spacial score (nSPS) is 25.3. The average molecular weight is 207 g/mol. The van der Waals surface area contributed by atoms with Gasteiger partial charge in [-0.15, -0.1) is 0 Å². The number of benzene rings is 1. The first-order chi connectivity index (χ1) is 6.80. The van der Waals surface area contributed by atoms with E-state index in [0.29, 0.717) is 0 Å². The molecule has 2 heteroatoms. The molecule has 0 bridgehead atoms. The summed E-state index contributed by atoms with van der Waals surface area (Å²) in [5, 5.41) is 0. The molecule has 1 aliphatic heterocycles. The molecule has 0 N–H and O–H groups in total. The molecule has 1 heterocycles. The van der Waals surface area contributed by atoms with E-state index in [0.717, 1.165) is 5.54 Å². The van der Waals surface area contributed by atoms with E-state index in [9.17, 15) is 0 Å². The second-order valence-electron chi connectivity index (χ2n) is 4.97. The van der Waals surface area contributed by atoms with Gasteiger partial charge in [-0.05, 0) is 16.7 Å². The van der Waals surface area contributed by atoms with Crippen molar-refractivity contribution >= 4 is 33.0 Å². The molecule has 1 aliphatic carbocycles. The van der Waals surface area contributed by atoms with Crippen LogP contribution in [0.5, 0.6) is 0 Å². The third kappa shape index (κ3) is 1.67. The Labute approximate surface area is 105 Å². The van der Waals surface area contributed by atoms with Crippen LogP contribution >= 0.6 is 0 Å². The molecule has 1 aromatic rings. The quantitative estimate of drug-likeness (QED) is 0.619. The third-order valence-corrected chi connectivity index (χ3v) is 9.04. The van der Waals surface area contributed by atoms with Crippen molar-refractivity contribution in [2.75, 3.05) is 0 Å². The van der Waals surface area contributed by atoms with E-state index in [1.165, 1.54) is 24.1 Å². The maximum atomic E-state index is 2.58. The second-order valence-corrected chi connectivity index (χ2v) is 9.90. The average Bonchev–Trinajstić information content (AvgIpc) is 2.58. The van der Waals surface area contributed by atoms with Crippen molar-refractivity contribution in [1.29, 1.82) is 0 Å². The predicted octanol–water partition coefficient (Wildman–Crippen LogP) is 3.44. The molecule has 0 aromatic heterocycles. The Morgan fingerprint density at radius 3 is 2.60 bits per heavy atom. The van der Waals surface area contributed by atoms with Crippen LogP contribution < -0.4 is 0 Å². The number of hydrogen-bond acceptors (Lipinski definition) is 0. The summed E-state index contributed by atoms with van der Waals surface area (Å²) in [6, 6.07) is 12.0. The van der Waals surface area contributed by atoms with Crippen LogP contribution in [0.3, 0.4) is 0 Å². The molecule has 1 unspecified atom stereocenters. The Balaban J connectivity index is 0.000000853. The van der Waals surface area contributed by atoms with E-state index < -0.39 is 8.07 Å². The van der Waals surface area contributed by atoms with Crippen LogP contribution in [0, 0.1) is 0 Å². The molecular formula is C13H16LiSi. The standard InChI is InChI=1S/C13H16Si.Li/c1-14(9-4-10-14)13-8-7-11-5-2-3-6-12(11)13;/h2-3,5-8,13H,4,9-10H2,1H3;. The van der Waals surface area contributed by atoms with Gasteiger partial charge in [-0.2, -0.15) is 0 Å². The van der Waals surface area contributed by atoms with Gasteiger partial charge in [0.15, 0.2) is 0 Å². The molecule has 1 fully saturated rings. The summed E-state index contributed by atoms with van der Waals surface area (Å²) in [4.78, 5) is 0. The number of allylic oxidation sites excluding steroid dienone is 1. The summed E-state index contributed by atoms with van der Waals surface area (Å²) in [6.07, 6.45) is 6.28. The van der Waals surface area contributed by atoms with Crippen molar-refractivity contribution in [1.82, 2.24) is 0 Å². The Morgan fingerprint density at radius 2 is 1.93 bits per heavy atom. The zero-order chi connectivity index (χ0) is 9.60. The molecule has 0 nitrogen and oxygen atoms in total. The zero-order valence-electron chi connectivity index (χ0n) is 9.66. The van der Waals surface area contributed by atoms with Crippen molar-refractivity contribution in [2.45, 2.75) is 30.6 Å². The van der Waals surface area contributed by atoms with Crippen molar-refractivity contribution < 1.29 is 0 Å². The van der Waals surface area contributed by atoms with E-state index in [1.807, 2.05) is 0 Å². The first kappa shape index (κ1) is 11.3. The molecule has 3 rings (SSSR count). The third-order valence-electron chi connectivity index (χ3n) is 4.05. The SMILES string of the molecule is C[Si]1(C2C=Cc3ccccc32)CCC1.[Li]. The van der Waals surface area contributed by atoms with Crippen molar-refractivity contribution in [2.24, 2.45) is 0 Å². The molecule has 15 heavy (non-hydrogen) atoms. The largest absolute Gasteiger partial charge is 0.0791 e. The van der Waals surface area contributed by atoms with E-state index >= 15 is 0 Å². The first-order valence-corrected chi connectivity index (χ1v) is 8.56. The summed E-state index contributed by atoms with van der Waals surface area (Å²) < 4.78 is 0. The van der Waals surface area contributed by atoms with Crippen LogP contribution in [0.15, 0.2) is 30.3 Å². The summed E-state index contributed by atoms with van der Waals surface area (Å²) >= 11 is 0. The smallest absolute Gasteiger partial charge is 0.0626 e. The topological polar surface area (TPSA) is 0 Å². The molecule has 1 radical (unpaired) electrons. The fourth-order valence-electron chi connectivity index (χ4n) is 2.90. The maximum Gasteiger partial charge on any atom is 0.0626 e. The van der Waals surface area contributed by atoms with Crippen LogP contribution in [-0.2, 0) is 0 Å². The zero-order valence-corrected chi connectivity index (χ0v) is 10.7. The van der Waals surface area contributed by atoms with E-state index in [-0.39, 0.29) is 18.9 Å². The van der Waals surface area contributed by atoms with Gasteiger partial charge in [0.05, 0.1) is 8.07 Å². The van der Waals surface area contributed by atoms with Gasteiger partial charge in [0, 0.05) is 18.9 Å². The number of fused-ring (bicyclic) bond motifs is 1. The van der Waals surface area contributed by atoms with Gasteiger partial charge in [0.25, 0.3) is 0 Å². The Kier molecular flexibility index (Phi) is 2.99. The van der Waals surface area contributed by atoms with Crippen LogP contribution in [0.1, 0.15) is 23.1 Å². The van der Waals surface area contributed by atoms with Gasteiger partial charge in [-0.1, -0.05) is 61.5 Å². The van der Waals surface area contributed by atoms with Gasteiger partial charge >= 0.3 is 0 Å². The summed E-state index contributed by atoms with van der Waals surface area (Å²) in [5.74, 6) is 0. The maximum absolute atomic E-state index is 2.58. The minimum atomic E-state index is -0.902. The fourth-order valence-corrected chi connectivity index (χ4v) is 6.57. The Bertz CT molecular complexity index is 393. The van der Waals surface area contributed by atoms with Gasteiger partial charge in [0.1, 0.15) is 0 Å². The van der Waals surface area contributed by atoms with Crippen LogP contribution in [0.25, 0.3) is 6.08 Å². The van der Waals surface area contributed by atoms with Crippen molar-refractivity contribution in [3.05, 3.63) is 41.5 Å². The molecule has 0 amide bonds. The van der Waals surface area contributed by atoms with Crippen LogP contribution in [-0.4, -0.2) is 26.9 Å². The molecule has 73 valence electrons. The van der Waals surface area contributed by atoms with Gasteiger partial charge < -0.3 is 0 Å². The molecule has 1 saturated heterocycles. The van der Waals surface area contributed by atoms with Crippen molar-refractivity contribution in [3.8, 4) is 0 Å².